The maximum Gasteiger partial charge on any atom is 2.00 e. The molecule has 0 bridgehead atoms. The molecule has 0 rings (SSSR count). The van der Waals surface area contributed by atoms with E-state index in [-0.39, 0.29) is 19.5 Å². The third-order valence-electron chi connectivity index (χ3n) is 0.972. The Morgan fingerprint density at radius 2 is 1.73 bits per heavy atom. The van der Waals surface area contributed by atoms with E-state index in [1.54, 1.807) is 6.92 Å². The first-order valence-electron chi connectivity index (χ1n) is 4.17. The SMILES string of the molecule is CCC[C-]=CCCC.[CH2-]C.[Zn+2]. The maximum absolute atomic E-state index is 3.25. The molecule has 0 heterocycles. The van der Waals surface area contributed by atoms with Crippen LogP contribution in [0.15, 0.2) is 6.08 Å². The predicted octanol–water partition coefficient (Wildman–Crippen LogP) is 3.78. The molecule has 0 aromatic heterocycles. The summed E-state index contributed by atoms with van der Waals surface area (Å²) in [5.41, 5.74) is 0. The zero-order valence-electron chi connectivity index (χ0n) is 8.32. The molecule has 0 aliphatic heterocycles. The quantitative estimate of drug-likeness (QED) is 0.484. The minimum absolute atomic E-state index is 0. The van der Waals surface area contributed by atoms with Gasteiger partial charge in [-0.15, -0.1) is 0 Å². The van der Waals surface area contributed by atoms with Crippen LogP contribution in [-0.2, 0) is 19.5 Å². The molecule has 0 radical (unpaired) electrons. The standard InChI is InChI=1S/C8H15.C2H5.Zn/c1-3-5-7-8-6-4-2;1-2;/h7H,3-6H2,1-2H3;1H2,2H3;/q2*-1;+2. The molecular formula is C10H20Zn. The summed E-state index contributed by atoms with van der Waals surface area (Å²) in [6.45, 7) is 9.36. The summed E-state index contributed by atoms with van der Waals surface area (Å²) in [5.74, 6) is 0. The molecule has 0 aliphatic rings. The molecule has 0 saturated heterocycles. The van der Waals surface area contributed by atoms with Gasteiger partial charge in [0.2, 0.25) is 0 Å². The Bertz CT molecular complexity index is 49.9. The van der Waals surface area contributed by atoms with Crippen molar-refractivity contribution in [2.45, 2.75) is 46.5 Å². The zero-order chi connectivity index (χ0) is 8.24. The molecule has 0 nitrogen and oxygen atoms in total. The zero-order valence-corrected chi connectivity index (χ0v) is 11.3. The molecule has 0 aromatic rings. The van der Waals surface area contributed by atoms with E-state index >= 15 is 0 Å². The fourth-order valence-corrected chi connectivity index (χ4v) is 0.493. The first kappa shape index (κ1) is 17.4. The molecule has 1 heteroatoms. The number of hydrogen-bond donors (Lipinski definition) is 0. The number of allylic oxidation sites excluding steroid dienone is 2. The Labute approximate surface area is 85.2 Å². The van der Waals surface area contributed by atoms with Gasteiger partial charge in [-0.2, -0.15) is 13.3 Å². The molecular weight excluding hydrogens is 185 g/mol. The Morgan fingerprint density at radius 1 is 1.18 bits per heavy atom. The van der Waals surface area contributed by atoms with Crippen LogP contribution in [-0.4, -0.2) is 0 Å². The van der Waals surface area contributed by atoms with Gasteiger partial charge in [-0.25, -0.2) is 0 Å². The first-order chi connectivity index (χ1) is 4.91. The van der Waals surface area contributed by atoms with Crippen LogP contribution < -0.4 is 0 Å². The summed E-state index contributed by atoms with van der Waals surface area (Å²) in [5, 5.41) is 0. The van der Waals surface area contributed by atoms with Gasteiger partial charge in [-0.1, -0.05) is 33.1 Å². The summed E-state index contributed by atoms with van der Waals surface area (Å²) in [6, 6.07) is 0. The van der Waals surface area contributed by atoms with Crippen molar-refractivity contribution in [3.8, 4) is 0 Å². The Morgan fingerprint density at radius 3 is 2.09 bits per heavy atom. The van der Waals surface area contributed by atoms with E-state index < -0.39 is 0 Å². The second-order valence-corrected chi connectivity index (χ2v) is 1.95. The molecule has 0 fully saturated rings. The Hall–Kier alpha value is 0.363. The molecule has 62 valence electrons. The van der Waals surface area contributed by atoms with Crippen molar-refractivity contribution < 1.29 is 19.5 Å². The van der Waals surface area contributed by atoms with Crippen LogP contribution in [0.1, 0.15) is 46.5 Å². The van der Waals surface area contributed by atoms with Crippen molar-refractivity contribution >= 4 is 0 Å². The van der Waals surface area contributed by atoms with Crippen LogP contribution in [0.4, 0.5) is 0 Å². The predicted molar refractivity (Wildman–Crippen MR) is 48.7 cm³/mol. The van der Waals surface area contributed by atoms with E-state index in [2.05, 4.69) is 32.9 Å². The molecule has 0 spiro atoms. The van der Waals surface area contributed by atoms with Crippen LogP contribution >= 0.6 is 0 Å². The van der Waals surface area contributed by atoms with Crippen LogP contribution in [0.25, 0.3) is 0 Å². The molecule has 0 unspecified atom stereocenters. The van der Waals surface area contributed by atoms with Gasteiger partial charge in [-0.3, -0.25) is 6.08 Å². The molecule has 0 aromatic carbocycles. The monoisotopic (exact) mass is 204 g/mol. The number of rotatable bonds is 4. The second kappa shape index (κ2) is 22.4. The minimum atomic E-state index is 0. The molecule has 0 amide bonds. The third kappa shape index (κ3) is 25.2. The van der Waals surface area contributed by atoms with Crippen LogP contribution in [0.2, 0.25) is 0 Å². The van der Waals surface area contributed by atoms with Crippen molar-refractivity contribution in [2.75, 3.05) is 0 Å². The molecule has 11 heavy (non-hydrogen) atoms. The van der Waals surface area contributed by atoms with E-state index in [0.717, 1.165) is 6.42 Å². The van der Waals surface area contributed by atoms with E-state index in [1.807, 2.05) is 0 Å². The van der Waals surface area contributed by atoms with E-state index in [9.17, 15) is 0 Å². The number of hydrogen-bond acceptors (Lipinski definition) is 0. The average molecular weight is 206 g/mol. The van der Waals surface area contributed by atoms with Gasteiger partial charge >= 0.3 is 19.5 Å². The summed E-state index contributed by atoms with van der Waals surface area (Å²) in [7, 11) is 0. The minimum Gasteiger partial charge on any atom is -0.501 e. The van der Waals surface area contributed by atoms with Crippen molar-refractivity contribution in [3.05, 3.63) is 19.1 Å². The smallest absolute Gasteiger partial charge is 0.501 e. The molecule has 0 N–H and O–H groups in total. The van der Waals surface area contributed by atoms with Crippen molar-refractivity contribution in [1.29, 1.82) is 0 Å². The largest absolute Gasteiger partial charge is 2.00 e. The molecule has 0 saturated carbocycles. The van der Waals surface area contributed by atoms with Gasteiger partial charge in [0.25, 0.3) is 0 Å². The van der Waals surface area contributed by atoms with Crippen molar-refractivity contribution in [3.63, 3.8) is 0 Å². The summed E-state index contributed by atoms with van der Waals surface area (Å²) in [6.07, 6.45) is 10.1. The second-order valence-electron chi connectivity index (χ2n) is 1.95. The van der Waals surface area contributed by atoms with E-state index in [0.29, 0.717) is 0 Å². The summed E-state index contributed by atoms with van der Waals surface area (Å²) in [4.78, 5) is 0. The molecule has 0 atom stereocenters. The van der Waals surface area contributed by atoms with Crippen molar-refractivity contribution in [2.24, 2.45) is 0 Å². The normalized spacial score (nSPS) is 8.36. The average Bonchev–Trinajstić information content (AvgIpc) is 2.02. The molecule has 0 aliphatic carbocycles. The Kier molecular flexibility index (Phi) is 35.6. The van der Waals surface area contributed by atoms with Crippen LogP contribution in [0.5, 0.6) is 0 Å². The Balaban J connectivity index is -0.000000196. The first-order valence-corrected chi connectivity index (χ1v) is 4.17. The van der Waals surface area contributed by atoms with Crippen LogP contribution in [0, 0.1) is 13.0 Å². The van der Waals surface area contributed by atoms with Gasteiger partial charge < -0.3 is 13.0 Å². The van der Waals surface area contributed by atoms with Gasteiger partial charge in [0, 0.05) is 0 Å². The van der Waals surface area contributed by atoms with E-state index in [4.69, 9.17) is 0 Å². The van der Waals surface area contributed by atoms with Crippen molar-refractivity contribution in [1.82, 2.24) is 0 Å². The summed E-state index contributed by atoms with van der Waals surface area (Å²) < 4.78 is 0. The van der Waals surface area contributed by atoms with Gasteiger partial charge in [0.15, 0.2) is 0 Å². The topological polar surface area (TPSA) is 0 Å². The van der Waals surface area contributed by atoms with E-state index in [1.165, 1.54) is 19.3 Å². The fraction of sp³-hybridized carbons (Fsp3) is 0.700. The third-order valence-corrected chi connectivity index (χ3v) is 0.972. The van der Waals surface area contributed by atoms with Gasteiger partial charge in [-0.05, 0) is 0 Å². The maximum atomic E-state index is 3.25. The van der Waals surface area contributed by atoms with Gasteiger partial charge in [0.1, 0.15) is 0 Å². The summed E-state index contributed by atoms with van der Waals surface area (Å²) >= 11 is 0. The number of unbranched alkanes of at least 4 members (excludes halogenated alkanes) is 2. The van der Waals surface area contributed by atoms with Gasteiger partial charge in [0.05, 0.1) is 0 Å². The van der Waals surface area contributed by atoms with Crippen LogP contribution in [0.3, 0.4) is 0 Å². The fourth-order valence-electron chi connectivity index (χ4n) is 0.493.